The average molecular weight is 314 g/mol. The molecule has 1 aliphatic rings. The predicted molar refractivity (Wildman–Crippen MR) is 90.6 cm³/mol. The van der Waals surface area contributed by atoms with Crippen LogP contribution in [0.3, 0.4) is 0 Å². The van der Waals surface area contributed by atoms with Crippen molar-refractivity contribution in [2.45, 2.75) is 12.3 Å². The number of thioether (sulfide) groups is 1. The van der Waals surface area contributed by atoms with Gasteiger partial charge in [0.2, 0.25) is 0 Å². The van der Waals surface area contributed by atoms with E-state index in [1.807, 2.05) is 43.3 Å². The van der Waals surface area contributed by atoms with Crippen LogP contribution in [0.15, 0.2) is 53.6 Å². The van der Waals surface area contributed by atoms with Gasteiger partial charge < -0.3 is 9.47 Å². The van der Waals surface area contributed by atoms with Gasteiger partial charge in [0.05, 0.1) is 13.7 Å². The van der Waals surface area contributed by atoms with Crippen molar-refractivity contribution in [3.8, 4) is 11.5 Å². The molecule has 1 aliphatic heterocycles. The van der Waals surface area contributed by atoms with Crippen molar-refractivity contribution in [3.05, 3.63) is 59.7 Å². The van der Waals surface area contributed by atoms with Gasteiger partial charge in [0.15, 0.2) is 11.5 Å². The smallest absolute Gasteiger partial charge is 0.161 e. The summed E-state index contributed by atoms with van der Waals surface area (Å²) < 4.78 is 11.0. The summed E-state index contributed by atoms with van der Waals surface area (Å²) in [4.78, 5) is 0. The van der Waals surface area contributed by atoms with Crippen molar-refractivity contribution in [1.29, 1.82) is 0 Å². The standard InChI is InChI=1S/C17H18N2O2S/c1-3-21-15-11-13(9-10-14(15)20-2)17-19-18-16(22-17)12-7-5-4-6-8-12/h4-11,17,19H,3H2,1-2H3/t17-/m0/s1. The molecule has 0 fully saturated rings. The van der Waals surface area contributed by atoms with Crippen LogP contribution in [0.4, 0.5) is 0 Å². The maximum atomic E-state index is 5.64. The molecule has 0 aromatic heterocycles. The van der Waals surface area contributed by atoms with E-state index < -0.39 is 0 Å². The molecule has 1 heterocycles. The largest absolute Gasteiger partial charge is 0.493 e. The Balaban J connectivity index is 1.78. The van der Waals surface area contributed by atoms with Gasteiger partial charge in [-0.15, -0.1) is 0 Å². The minimum Gasteiger partial charge on any atom is -0.493 e. The minimum absolute atomic E-state index is 0.0836. The molecular weight excluding hydrogens is 296 g/mol. The lowest BCUT2D eigenvalue weighted by molar-refractivity contribution is 0.310. The van der Waals surface area contributed by atoms with E-state index >= 15 is 0 Å². The molecule has 2 aromatic rings. The molecule has 1 N–H and O–H groups in total. The lowest BCUT2D eigenvalue weighted by Crippen LogP contribution is -2.07. The fourth-order valence-corrected chi connectivity index (χ4v) is 3.25. The van der Waals surface area contributed by atoms with Gasteiger partial charge in [-0.2, -0.15) is 5.10 Å². The Labute approximate surface area is 134 Å². The highest BCUT2D eigenvalue weighted by Crippen LogP contribution is 2.38. The van der Waals surface area contributed by atoms with Crippen LogP contribution >= 0.6 is 11.8 Å². The van der Waals surface area contributed by atoms with Gasteiger partial charge in [-0.25, -0.2) is 0 Å². The molecule has 22 heavy (non-hydrogen) atoms. The van der Waals surface area contributed by atoms with Crippen molar-refractivity contribution in [2.75, 3.05) is 13.7 Å². The number of nitrogens with one attached hydrogen (secondary N) is 1. The second-order valence-corrected chi connectivity index (χ2v) is 5.85. The van der Waals surface area contributed by atoms with Gasteiger partial charge in [0.25, 0.3) is 0 Å². The molecule has 5 heteroatoms. The quantitative estimate of drug-likeness (QED) is 0.912. The van der Waals surface area contributed by atoms with Crippen LogP contribution in [-0.4, -0.2) is 18.8 Å². The monoisotopic (exact) mass is 314 g/mol. The van der Waals surface area contributed by atoms with Gasteiger partial charge >= 0.3 is 0 Å². The maximum Gasteiger partial charge on any atom is 0.161 e. The first-order valence-electron chi connectivity index (χ1n) is 7.18. The van der Waals surface area contributed by atoms with Gasteiger partial charge in [-0.3, -0.25) is 5.43 Å². The van der Waals surface area contributed by atoms with Gasteiger partial charge in [-0.1, -0.05) is 48.2 Å². The predicted octanol–water partition coefficient (Wildman–Crippen LogP) is 3.79. The fraction of sp³-hybridized carbons (Fsp3) is 0.235. The third-order valence-corrected chi connectivity index (χ3v) is 4.49. The molecule has 0 unspecified atom stereocenters. The molecule has 0 amide bonds. The Kier molecular flexibility index (Phi) is 4.53. The number of hydrazone groups is 1. The normalized spacial score (nSPS) is 16.8. The van der Waals surface area contributed by atoms with Crippen LogP contribution < -0.4 is 14.9 Å². The third kappa shape index (κ3) is 3.04. The van der Waals surface area contributed by atoms with Crippen LogP contribution in [0.2, 0.25) is 0 Å². The molecule has 0 spiro atoms. The maximum absolute atomic E-state index is 5.64. The van der Waals surface area contributed by atoms with E-state index in [1.54, 1.807) is 18.9 Å². The Morgan fingerprint density at radius 3 is 2.68 bits per heavy atom. The molecule has 3 rings (SSSR count). The van der Waals surface area contributed by atoms with Gasteiger partial charge in [0, 0.05) is 5.56 Å². The van der Waals surface area contributed by atoms with Crippen LogP contribution in [0.1, 0.15) is 23.4 Å². The fourth-order valence-electron chi connectivity index (χ4n) is 2.26. The minimum atomic E-state index is 0.0836. The van der Waals surface area contributed by atoms with Crippen molar-refractivity contribution in [2.24, 2.45) is 5.10 Å². The summed E-state index contributed by atoms with van der Waals surface area (Å²) >= 11 is 1.70. The van der Waals surface area contributed by atoms with E-state index in [0.717, 1.165) is 27.7 Å². The summed E-state index contributed by atoms with van der Waals surface area (Å²) in [6.45, 7) is 2.57. The summed E-state index contributed by atoms with van der Waals surface area (Å²) in [5.41, 5.74) is 5.42. The van der Waals surface area contributed by atoms with Crippen molar-refractivity contribution >= 4 is 16.8 Å². The first kappa shape index (κ1) is 14.8. The van der Waals surface area contributed by atoms with Crippen LogP contribution in [0, 0.1) is 0 Å². The average Bonchev–Trinajstić information content (AvgIpc) is 3.06. The van der Waals surface area contributed by atoms with Crippen molar-refractivity contribution in [1.82, 2.24) is 5.43 Å². The SMILES string of the molecule is CCOc1cc([C@H]2NN=C(c3ccccc3)S2)ccc1OC. The van der Waals surface area contributed by atoms with E-state index in [0.29, 0.717) is 6.61 Å². The Morgan fingerprint density at radius 2 is 1.95 bits per heavy atom. The zero-order valence-electron chi connectivity index (χ0n) is 12.6. The lowest BCUT2D eigenvalue weighted by atomic mass is 10.2. The summed E-state index contributed by atoms with van der Waals surface area (Å²) in [7, 11) is 1.65. The molecule has 114 valence electrons. The first-order chi connectivity index (χ1) is 10.8. The zero-order valence-corrected chi connectivity index (χ0v) is 13.4. The highest BCUT2D eigenvalue weighted by Gasteiger charge is 2.23. The van der Waals surface area contributed by atoms with Crippen molar-refractivity contribution in [3.63, 3.8) is 0 Å². The van der Waals surface area contributed by atoms with Crippen LogP contribution in [-0.2, 0) is 0 Å². The van der Waals surface area contributed by atoms with E-state index in [9.17, 15) is 0 Å². The number of ether oxygens (including phenoxy) is 2. The Hall–Kier alpha value is -2.14. The van der Waals surface area contributed by atoms with E-state index in [4.69, 9.17) is 9.47 Å². The topological polar surface area (TPSA) is 42.8 Å². The molecular formula is C17H18N2O2S. The number of benzene rings is 2. The third-order valence-electron chi connectivity index (χ3n) is 3.32. The van der Waals surface area contributed by atoms with E-state index in [1.165, 1.54) is 0 Å². The Morgan fingerprint density at radius 1 is 1.14 bits per heavy atom. The summed E-state index contributed by atoms with van der Waals surface area (Å²) in [5.74, 6) is 1.51. The van der Waals surface area contributed by atoms with Crippen LogP contribution in [0.5, 0.6) is 11.5 Å². The molecule has 2 aromatic carbocycles. The zero-order chi connectivity index (χ0) is 15.4. The number of rotatable bonds is 5. The summed E-state index contributed by atoms with van der Waals surface area (Å²) in [6.07, 6.45) is 0. The Bertz CT molecular complexity index is 674. The number of hydrogen-bond acceptors (Lipinski definition) is 5. The summed E-state index contributed by atoms with van der Waals surface area (Å²) in [5, 5.41) is 5.52. The van der Waals surface area contributed by atoms with Crippen molar-refractivity contribution < 1.29 is 9.47 Å². The second-order valence-electron chi connectivity index (χ2n) is 4.75. The molecule has 0 radical (unpaired) electrons. The highest BCUT2D eigenvalue weighted by molar-refractivity contribution is 8.14. The second kappa shape index (κ2) is 6.75. The number of hydrogen-bond donors (Lipinski definition) is 1. The molecule has 0 saturated heterocycles. The van der Waals surface area contributed by atoms with Gasteiger partial charge in [-0.05, 0) is 24.6 Å². The number of nitrogens with zero attached hydrogens (tertiary/aromatic N) is 1. The molecule has 0 aliphatic carbocycles. The lowest BCUT2D eigenvalue weighted by Gasteiger charge is -2.14. The number of methoxy groups -OCH3 is 1. The highest BCUT2D eigenvalue weighted by atomic mass is 32.2. The van der Waals surface area contributed by atoms with Gasteiger partial charge in [0.1, 0.15) is 10.4 Å². The molecule has 4 nitrogen and oxygen atoms in total. The summed E-state index contributed by atoms with van der Waals surface area (Å²) in [6, 6.07) is 16.2. The molecule has 0 saturated carbocycles. The molecule has 0 bridgehead atoms. The van der Waals surface area contributed by atoms with E-state index in [2.05, 4.69) is 22.7 Å². The molecule has 1 atom stereocenters. The first-order valence-corrected chi connectivity index (χ1v) is 8.06. The van der Waals surface area contributed by atoms with Crippen LogP contribution in [0.25, 0.3) is 0 Å². The van der Waals surface area contributed by atoms with E-state index in [-0.39, 0.29) is 5.37 Å².